The molecule has 1 aliphatic heterocycles. The number of imide groups is 1. The first-order valence-electron chi connectivity index (χ1n) is 7.56. The van der Waals surface area contributed by atoms with Gasteiger partial charge in [0.05, 0.1) is 12.1 Å². The number of hydrogen-bond donors (Lipinski definition) is 1. The molecular weight excluding hydrogens is 312 g/mol. The van der Waals surface area contributed by atoms with E-state index in [1.54, 1.807) is 24.3 Å². The summed E-state index contributed by atoms with van der Waals surface area (Å²) in [5.74, 6) is -0.472. The number of rotatable bonds is 4. The quantitative estimate of drug-likeness (QED) is 0.872. The van der Waals surface area contributed by atoms with Crippen molar-refractivity contribution in [2.75, 3.05) is 10.2 Å². The van der Waals surface area contributed by atoms with Gasteiger partial charge in [-0.2, -0.15) is 0 Å². The van der Waals surface area contributed by atoms with Gasteiger partial charge >= 0.3 is 0 Å². The van der Waals surface area contributed by atoms with Gasteiger partial charge in [0, 0.05) is 10.7 Å². The van der Waals surface area contributed by atoms with Crippen molar-refractivity contribution in [2.45, 2.75) is 25.8 Å². The third-order valence-corrected chi connectivity index (χ3v) is 4.12. The van der Waals surface area contributed by atoms with Crippen molar-refractivity contribution in [2.24, 2.45) is 0 Å². The number of hydrogen-bond acceptors (Lipinski definition) is 3. The number of benzene rings is 2. The van der Waals surface area contributed by atoms with Crippen LogP contribution in [0.2, 0.25) is 5.02 Å². The zero-order chi connectivity index (χ0) is 16.4. The summed E-state index contributed by atoms with van der Waals surface area (Å²) in [6.45, 7) is 2.07. The van der Waals surface area contributed by atoms with Gasteiger partial charge in [-0.25, -0.2) is 4.90 Å². The molecule has 0 unspecified atom stereocenters. The van der Waals surface area contributed by atoms with Crippen molar-refractivity contribution in [1.82, 2.24) is 0 Å². The zero-order valence-corrected chi connectivity index (χ0v) is 13.5. The largest absolute Gasteiger partial charge is 0.373 e. The number of nitrogens with zero attached hydrogens (tertiary/aromatic N) is 1. The topological polar surface area (TPSA) is 49.4 Å². The molecule has 0 aliphatic carbocycles. The predicted molar refractivity (Wildman–Crippen MR) is 91.8 cm³/mol. The Balaban J connectivity index is 1.81. The van der Waals surface area contributed by atoms with Crippen molar-refractivity contribution in [3.8, 4) is 0 Å². The first-order chi connectivity index (χ1) is 11.1. The highest BCUT2D eigenvalue weighted by Gasteiger charge is 2.39. The van der Waals surface area contributed by atoms with E-state index in [1.165, 1.54) is 10.5 Å². The Morgan fingerprint density at radius 3 is 2.70 bits per heavy atom. The Labute approximate surface area is 140 Å². The van der Waals surface area contributed by atoms with E-state index in [-0.39, 0.29) is 18.2 Å². The highest BCUT2D eigenvalue weighted by atomic mass is 35.5. The van der Waals surface area contributed by atoms with Gasteiger partial charge < -0.3 is 5.32 Å². The predicted octanol–water partition coefficient (Wildman–Crippen LogP) is 3.65. The maximum absolute atomic E-state index is 12.6. The Morgan fingerprint density at radius 1 is 1.17 bits per heavy atom. The van der Waals surface area contributed by atoms with Crippen LogP contribution in [0, 0.1) is 0 Å². The summed E-state index contributed by atoms with van der Waals surface area (Å²) in [7, 11) is 0. The lowest BCUT2D eigenvalue weighted by molar-refractivity contribution is -0.121. The first-order valence-corrected chi connectivity index (χ1v) is 7.94. The molecule has 118 valence electrons. The van der Waals surface area contributed by atoms with Crippen LogP contribution >= 0.6 is 11.6 Å². The van der Waals surface area contributed by atoms with Crippen LogP contribution in [0.3, 0.4) is 0 Å². The fourth-order valence-electron chi connectivity index (χ4n) is 2.71. The van der Waals surface area contributed by atoms with Gasteiger partial charge in [0.25, 0.3) is 5.91 Å². The highest BCUT2D eigenvalue weighted by molar-refractivity contribution is 6.31. The lowest BCUT2D eigenvalue weighted by Gasteiger charge is -2.16. The van der Waals surface area contributed by atoms with Crippen molar-refractivity contribution in [1.29, 1.82) is 0 Å². The van der Waals surface area contributed by atoms with Gasteiger partial charge in [0.2, 0.25) is 5.91 Å². The molecule has 2 aromatic carbocycles. The molecular formula is C18H17ClN2O2. The molecule has 1 saturated heterocycles. The van der Waals surface area contributed by atoms with Gasteiger partial charge in [0.15, 0.2) is 0 Å². The number of halogens is 1. The summed E-state index contributed by atoms with van der Waals surface area (Å²) >= 11 is 5.95. The summed E-state index contributed by atoms with van der Waals surface area (Å²) in [5.41, 5.74) is 2.54. The standard InChI is InChI=1S/C18H17ClN2O2/c1-2-12-5-3-7-14(9-12)20-16-11-17(22)21(18(16)23)15-8-4-6-13(19)10-15/h3-10,16,20H,2,11H2,1H3/t16-/m1/s1. The summed E-state index contributed by atoms with van der Waals surface area (Å²) in [6, 6.07) is 14.1. The van der Waals surface area contributed by atoms with Crippen LogP contribution in [0.15, 0.2) is 48.5 Å². The average molecular weight is 329 g/mol. The fourth-order valence-corrected chi connectivity index (χ4v) is 2.90. The summed E-state index contributed by atoms with van der Waals surface area (Å²) in [6.07, 6.45) is 1.06. The molecule has 0 spiro atoms. The van der Waals surface area contributed by atoms with Gasteiger partial charge in [-0.15, -0.1) is 0 Å². The van der Waals surface area contributed by atoms with E-state index in [4.69, 9.17) is 11.6 Å². The molecule has 2 amide bonds. The van der Waals surface area contributed by atoms with Crippen LogP contribution < -0.4 is 10.2 Å². The van der Waals surface area contributed by atoms with E-state index in [9.17, 15) is 9.59 Å². The zero-order valence-electron chi connectivity index (χ0n) is 12.8. The molecule has 5 heteroatoms. The fraction of sp³-hybridized carbons (Fsp3) is 0.222. The minimum atomic E-state index is -0.548. The number of aryl methyl sites for hydroxylation is 1. The third-order valence-electron chi connectivity index (χ3n) is 3.89. The Hall–Kier alpha value is -2.33. The maximum Gasteiger partial charge on any atom is 0.256 e. The van der Waals surface area contributed by atoms with Crippen LogP contribution in [-0.4, -0.2) is 17.9 Å². The molecule has 0 bridgehead atoms. The number of anilines is 2. The average Bonchev–Trinajstić information content (AvgIpc) is 2.81. The van der Waals surface area contributed by atoms with E-state index in [2.05, 4.69) is 12.2 Å². The smallest absolute Gasteiger partial charge is 0.256 e. The molecule has 1 aliphatic rings. The van der Waals surface area contributed by atoms with Crippen molar-refractivity contribution in [3.05, 3.63) is 59.1 Å². The SMILES string of the molecule is CCc1cccc(N[C@@H]2CC(=O)N(c3cccc(Cl)c3)C2=O)c1. The number of carbonyl (C=O) groups excluding carboxylic acids is 2. The lowest BCUT2D eigenvalue weighted by Crippen LogP contribution is -2.34. The Kier molecular flexibility index (Phi) is 4.35. The summed E-state index contributed by atoms with van der Waals surface area (Å²) in [4.78, 5) is 26.0. The van der Waals surface area contributed by atoms with Gasteiger partial charge in [-0.05, 0) is 42.3 Å². The molecule has 3 rings (SSSR count). The second-order valence-corrected chi connectivity index (χ2v) is 5.94. The van der Waals surface area contributed by atoms with Gasteiger partial charge in [0.1, 0.15) is 6.04 Å². The number of nitrogens with one attached hydrogen (secondary N) is 1. The molecule has 4 nitrogen and oxygen atoms in total. The lowest BCUT2D eigenvalue weighted by atomic mass is 10.1. The van der Waals surface area contributed by atoms with E-state index < -0.39 is 6.04 Å². The maximum atomic E-state index is 12.6. The minimum absolute atomic E-state index is 0.141. The van der Waals surface area contributed by atoms with Crippen LogP contribution in [0.4, 0.5) is 11.4 Å². The number of carbonyl (C=O) groups is 2. The molecule has 0 radical (unpaired) electrons. The van der Waals surface area contributed by atoms with E-state index >= 15 is 0 Å². The normalized spacial score (nSPS) is 17.7. The number of amides is 2. The van der Waals surface area contributed by atoms with Gasteiger partial charge in [-0.3, -0.25) is 9.59 Å². The van der Waals surface area contributed by atoms with Crippen molar-refractivity contribution < 1.29 is 9.59 Å². The molecule has 1 N–H and O–H groups in total. The molecule has 0 aromatic heterocycles. The monoisotopic (exact) mass is 328 g/mol. The minimum Gasteiger partial charge on any atom is -0.373 e. The molecule has 0 saturated carbocycles. The third kappa shape index (κ3) is 3.22. The van der Waals surface area contributed by atoms with E-state index in [1.807, 2.05) is 24.3 Å². The van der Waals surface area contributed by atoms with Crippen LogP contribution in [0.1, 0.15) is 18.9 Å². The summed E-state index contributed by atoms with van der Waals surface area (Å²) in [5, 5.41) is 3.66. The van der Waals surface area contributed by atoms with Crippen LogP contribution in [-0.2, 0) is 16.0 Å². The second-order valence-electron chi connectivity index (χ2n) is 5.50. The molecule has 1 atom stereocenters. The van der Waals surface area contributed by atoms with Crippen LogP contribution in [0.25, 0.3) is 0 Å². The Bertz CT molecular complexity index is 760. The molecule has 23 heavy (non-hydrogen) atoms. The molecule has 2 aromatic rings. The van der Waals surface area contributed by atoms with Crippen molar-refractivity contribution in [3.63, 3.8) is 0 Å². The molecule has 1 fully saturated rings. The highest BCUT2D eigenvalue weighted by Crippen LogP contribution is 2.27. The van der Waals surface area contributed by atoms with Crippen LogP contribution in [0.5, 0.6) is 0 Å². The second kappa shape index (κ2) is 6.42. The van der Waals surface area contributed by atoms with Crippen molar-refractivity contribution >= 4 is 34.8 Å². The summed E-state index contributed by atoms with van der Waals surface area (Å²) < 4.78 is 0. The molecule has 1 heterocycles. The Morgan fingerprint density at radius 2 is 1.96 bits per heavy atom. The van der Waals surface area contributed by atoms with Gasteiger partial charge in [-0.1, -0.05) is 36.7 Å². The van der Waals surface area contributed by atoms with E-state index in [0.29, 0.717) is 10.7 Å². The first kappa shape index (κ1) is 15.6. The van der Waals surface area contributed by atoms with E-state index in [0.717, 1.165) is 12.1 Å².